The largest absolute Gasteiger partial charge is 0.497 e. The fourth-order valence-corrected chi connectivity index (χ4v) is 3.10. The van der Waals surface area contributed by atoms with Crippen LogP contribution in [0.2, 0.25) is 0 Å². The number of carboxylic acids is 1. The second kappa shape index (κ2) is 7.98. The van der Waals surface area contributed by atoms with Crippen molar-refractivity contribution in [3.05, 3.63) is 65.4 Å². The maximum atomic E-state index is 12.9. The van der Waals surface area contributed by atoms with E-state index in [-0.39, 0.29) is 11.3 Å². The summed E-state index contributed by atoms with van der Waals surface area (Å²) in [6.45, 7) is 1.91. The van der Waals surface area contributed by atoms with Gasteiger partial charge in [-0.1, -0.05) is 25.5 Å². The highest BCUT2D eigenvalue weighted by atomic mass is 19.4. The minimum Gasteiger partial charge on any atom is -0.497 e. The second-order valence-electron chi connectivity index (χ2n) is 6.41. The number of carboxylic acid groups (broad SMARTS) is 1. The Kier molecular flexibility index (Phi) is 5.63. The molecule has 0 atom stereocenters. The van der Waals surface area contributed by atoms with Gasteiger partial charge in [-0.2, -0.15) is 18.3 Å². The van der Waals surface area contributed by atoms with Crippen LogP contribution in [0.5, 0.6) is 5.75 Å². The predicted molar refractivity (Wildman–Crippen MR) is 102 cm³/mol. The molecule has 0 unspecified atom stereocenters. The van der Waals surface area contributed by atoms with Crippen LogP contribution in [0.25, 0.3) is 16.9 Å². The van der Waals surface area contributed by atoms with E-state index in [1.165, 1.54) is 23.9 Å². The minimum absolute atomic E-state index is 0.0116. The number of carbonyl (C=O) groups is 1. The molecule has 0 aliphatic heterocycles. The number of hydrogen-bond acceptors (Lipinski definition) is 3. The number of aromatic nitrogens is 2. The van der Waals surface area contributed by atoms with Crippen molar-refractivity contribution in [2.24, 2.45) is 0 Å². The fourth-order valence-electron chi connectivity index (χ4n) is 3.10. The van der Waals surface area contributed by atoms with Crippen molar-refractivity contribution < 1.29 is 27.8 Å². The third kappa shape index (κ3) is 4.11. The summed E-state index contributed by atoms with van der Waals surface area (Å²) in [5.74, 6) is -0.539. The first-order valence-corrected chi connectivity index (χ1v) is 8.93. The Hall–Kier alpha value is -3.29. The number of rotatable bonds is 6. The van der Waals surface area contributed by atoms with Gasteiger partial charge in [-0.25, -0.2) is 9.48 Å². The lowest BCUT2D eigenvalue weighted by Crippen LogP contribution is -2.06. The number of alkyl halides is 3. The van der Waals surface area contributed by atoms with Gasteiger partial charge in [-0.05, 0) is 42.8 Å². The molecule has 1 N–H and O–H groups in total. The molecule has 1 heterocycles. The standard InChI is InChI=1S/C21H19F3N2O3/c1-3-4-17-18(20(27)28)19(13-5-7-14(8-6-13)21(22,23)24)25-26(17)15-9-11-16(29-2)12-10-15/h5-12H,3-4H2,1-2H3,(H,27,28). The summed E-state index contributed by atoms with van der Waals surface area (Å²) in [4.78, 5) is 12.0. The van der Waals surface area contributed by atoms with Gasteiger partial charge in [0.1, 0.15) is 17.0 Å². The highest BCUT2D eigenvalue weighted by Crippen LogP contribution is 2.33. The first-order valence-electron chi connectivity index (χ1n) is 8.93. The van der Waals surface area contributed by atoms with E-state index in [4.69, 9.17) is 4.74 Å². The molecule has 0 aliphatic rings. The van der Waals surface area contributed by atoms with Gasteiger partial charge in [0.2, 0.25) is 0 Å². The zero-order chi connectivity index (χ0) is 21.2. The minimum atomic E-state index is -4.47. The lowest BCUT2D eigenvalue weighted by molar-refractivity contribution is -0.137. The number of ether oxygens (including phenoxy) is 1. The molecule has 29 heavy (non-hydrogen) atoms. The first kappa shape index (κ1) is 20.4. The van der Waals surface area contributed by atoms with Crippen LogP contribution < -0.4 is 4.74 Å². The summed E-state index contributed by atoms with van der Waals surface area (Å²) >= 11 is 0. The average Bonchev–Trinajstić information content (AvgIpc) is 3.07. The van der Waals surface area contributed by atoms with Gasteiger partial charge in [0, 0.05) is 5.56 Å². The Bertz CT molecular complexity index is 1010. The smallest absolute Gasteiger partial charge is 0.416 e. The number of methoxy groups -OCH3 is 1. The number of nitrogens with zero attached hydrogens (tertiary/aromatic N) is 2. The molecule has 0 spiro atoms. The van der Waals surface area contributed by atoms with Crippen LogP contribution in [0.1, 0.15) is 35.0 Å². The summed E-state index contributed by atoms with van der Waals surface area (Å²) in [6, 6.07) is 11.3. The van der Waals surface area contributed by atoms with Crippen molar-refractivity contribution in [1.29, 1.82) is 0 Å². The van der Waals surface area contributed by atoms with E-state index in [1.54, 1.807) is 24.3 Å². The van der Waals surface area contributed by atoms with Crippen LogP contribution in [0, 0.1) is 0 Å². The molecule has 152 valence electrons. The normalized spacial score (nSPS) is 11.5. The average molecular weight is 404 g/mol. The molecule has 0 amide bonds. The van der Waals surface area contributed by atoms with Crippen molar-refractivity contribution in [3.8, 4) is 22.7 Å². The molecule has 0 saturated carbocycles. The Morgan fingerprint density at radius 3 is 2.21 bits per heavy atom. The highest BCUT2D eigenvalue weighted by molar-refractivity contribution is 5.96. The lowest BCUT2D eigenvalue weighted by Gasteiger charge is -2.08. The molecule has 0 bridgehead atoms. The number of hydrogen-bond donors (Lipinski definition) is 1. The van der Waals surface area contributed by atoms with E-state index in [0.717, 1.165) is 12.1 Å². The van der Waals surface area contributed by atoms with Crippen molar-refractivity contribution in [2.75, 3.05) is 7.11 Å². The Balaban J connectivity index is 2.17. The first-order chi connectivity index (χ1) is 13.8. The van der Waals surface area contributed by atoms with Crippen molar-refractivity contribution in [3.63, 3.8) is 0 Å². The summed E-state index contributed by atoms with van der Waals surface area (Å²) in [7, 11) is 1.54. The Labute approximate surface area is 165 Å². The molecule has 2 aromatic carbocycles. The van der Waals surface area contributed by atoms with Crippen molar-refractivity contribution in [1.82, 2.24) is 9.78 Å². The van der Waals surface area contributed by atoms with E-state index in [2.05, 4.69) is 5.10 Å². The van der Waals surface area contributed by atoms with E-state index in [0.29, 0.717) is 35.5 Å². The van der Waals surface area contributed by atoms with Crippen LogP contribution in [0.3, 0.4) is 0 Å². The topological polar surface area (TPSA) is 64.3 Å². The third-order valence-corrected chi connectivity index (χ3v) is 4.48. The maximum absolute atomic E-state index is 12.9. The van der Waals surface area contributed by atoms with E-state index >= 15 is 0 Å². The molecule has 0 fully saturated rings. The molecule has 1 aromatic heterocycles. The molecule has 0 radical (unpaired) electrons. The van der Waals surface area contributed by atoms with Gasteiger partial charge < -0.3 is 9.84 Å². The summed E-state index contributed by atoms with van der Waals surface area (Å²) in [5.41, 5.74) is 0.740. The monoisotopic (exact) mass is 404 g/mol. The van der Waals surface area contributed by atoms with Crippen LogP contribution in [0.4, 0.5) is 13.2 Å². The quantitative estimate of drug-likeness (QED) is 0.612. The number of halogens is 3. The number of aromatic carboxylic acids is 1. The summed E-state index contributed by atoms with van der Waals surface area (Å²) in [6.07, 6.45) is -3.35. The van der Waals surface area contributed by atoms with Gasteiger partial charge in [-0.15, -0.1) is 0 Å². The molecule has 0 aliphatic carbocycles. The summed E-state index contributed by atoms with van der Waals surface area (Å²) < 4.78 is 45.2. The van der Waals surface area contributed by atoms with Gasteiger partial charge in [0.05, 0.1) is 24.1 Å². The van der Waals surface area contributed by atoms with Crippen LogP contribution in [-0.4, -0.2) is 28.0 Å². The molecule has 3 rings (SSSR count). The molecular weight excluding hydrogens is 385 g/mol. The lowest BCUT2D eigenvalue weighted by atomic mass is 10.0. The Morgan fingerprint density at radius 2 is 1.72 bits per heavy atom. The van der Waals surface area contributed by atoms with Gasteiger partial charge in [0.25, 0.3) is 0 Å². The van der Waals surface area contributed by atoms with Gasteiger partial charge in [0.15, 0.2) is 0 Å². The second-order valence-corrected chi connectivity index (χ2v) is 6.41. The molecule has 0 saturated heterocycles. The fraction of sp³-hybridized carbons (Fsp3) is 0.238. The van der Waals surface area contributed by atoms with Gasteiger partial charge in [-0.3, -0.25) is 0 Å². The van der Waals surface area contributed by atoms with E-state index in [1.807, 2.05) is 6.92 Å². The SMILES string of the molecule is CCCc1c(C(=O)O)c(-c2ccc(C(F)(F)F)cc2)nn1-c1ccc(OC)cc1. The van der Waals surface area contributed by atoms with Crippen LogP contribution >= 0.6 is 0 Å². The Morgan fingerprint density at radius 1 is 1.10 bits per heavy atom. The van der Waals surface area contributed by atoms with Crippen LogP contribution in [-0.2, 0) is 12.6 Å². The predicted octanol–water partition coefficient (Wildman–Crippen LogP) is 5.22. The molecule has 8 heteroatoms. The zero-order valence-corrected chi connectivity index (χ0v) is 15.8. The molecular formula is C21H19F3N2O3. The third-order valence-electron chi connectivity index (χ3n) is 4.48. The molecule has 5 nitrogen and oxygen atoms in total. The number of benzene rings is 2. The van der Waals surface area contributed by atoms with Crippen molar-refractivity contribution >= 4 is 5.97 Å². The molecule has 3 aromatic rings. The van der Waals surface area contributed by atoms with E-state index in [9.17, 15) is 23.1 Å². The van der Waals surface area contributed by atoms with E-state index < -0.39 is 17.7 Å². The zero-order valence-electron chi connectivity index (χ0n) is 15.8. The maximum Gasteiger partial charge on any atom is 0.416 e. The highest BCUT2D eigenvalue weighted by Gasteiger charge is 2.31. The van der Waals surface area contributed by atoms with Crippen molar-refractivity contribution in [2.45, 2.75) is 25.9 Å². The summed E-state index contributed by atoms with van der Waals surface area (Å²) in [5, 5.41) is 14.3. The van der Waals surface area contributed by atoms with Crippen LogP contribution in [0.15, 0.2) is 48.5 Å². The van der Waals surface area contributed by atoms with Gasteiger partial charge >= 0.3 is 12.1 Å².